The van der Waals surface area contributed by atoms with Crippen LogP contribution in [0.1, 0.15) is 31.2 Å². The maximum absolute atomic E-state index is 5.48. The normalized spacial score (nSPS) is 24.8. The first-order chi connectivity index (χ1) is 11.7. The summed E-state index contributed by atoms with van der Waals surface area (Å²) < 4.78 is 16.4. The minimum Gasteiger partial charge on any atom is -0.493 e. The molecule has 2 N–H and O–H groups in total. The molecule has 2 fully saturated rings. The Morgan fingerprint density at radius 2 is 1.46 bits per heavy atom. The van der Waals surface area contributed by atoms with Crippen molar-refractivity contribution in [2.24, 2.45) is 0 Å². The van der Waals surface area contributed by atoms with Crippen LogP contribution in [0.15, 0.2) is 12.1 Å². The first-order valence-electron chi connectivity index (χ1n) is 9.22. The molecule has 2 aliphatic rings. The van der Waals surface area contributed by atoms with Gasteiger partial charge in [-0.05, 0) is 12.1 Å². The minimum atomic E-state index is 0.676. The van der Waals surface area contributed by atoms with Crippen LogP contribution in [0.3, 0.4) is 0 Å². The quantitative estimate of drug-likeness (QED) is 0.764. The van der Waals surface area contributed by atoms with E-state index in [0.717, 1.165) is 24.1 Å². The van der Waals surface area contributed by atoms with Crippen molar-refractivity contribution in [2.75, 3.05) is 47.5 Å². The Kier molecular flexibility index (Phi) is 5.85. The summed E-state index contributed by atoms with van der Waals surface area (Å²) in [6.07, 6.45) is 5.56. The summed E-state index contributed by atoms with van der Waals surface area (Å²) in [7, 11) is 5.01. The summed E-state index contributed by atoms with van der Waals surface area (Å²) in [5.74, 6) is 2.18. The fraction of sp³-hybridized carbons (Fsp3) is 0.684. The average molecular weight is 336 g/mol. The van der Waals surface area contributed by atoms with Crippen LogP contribution in [0.2, 0.25) is 0 Å². The van der Waals surface area contributed by atoms with Gasteiger partial charge < -0.3 is 24.0 Å². The van der Waals surface area contributed by atoms with Gasteiger partial charge in [0.15, 0.2) is 11.5 Å². The molecule has 0 bridgehead atoms. The zero-order valence-corrected chi connectivity index (χ0v) is 15.3. The fourth-order valence-corrected chi connectivity index (χ4v) is 4.37. The van der Waals surface area contributed by atoms with Gasteiger partial charge in [0.05, 0.1) is 53.6 Å². The van der Waals surface area contributed by atoms with Crippen LogP contribution in [0, 0.1) is 0 Å². The predicted octanol–water partition coefficient (Wildman–Crippen LogP) is -0.0616. The molecule has 5 nitrogen and oxygen atoms in total. The standard InChI is InChI=1S/C19H30N2O3/c1-22-17-12-15(13-18(23-2)19(17)24-3)14-20-10-6-16(7-11-20)21-8-4-5-9-21/h12-13,16H,4-11,14H2,1-3H3/p+2. The molecule has 2 heterocycles. The topological polar surface area (TPSA) is 36.6 Å². The molecule has 0 aliphatic carbocycles. The summed E-state index contributed by atoms with van der Waals surface area (Å²) in [6.45, 7) is 6.36. The van der Waals surface area contributed by atoms with Gasteiger partial charge in [-0.2, -0.15) is 0 Å². The highest BCUT2D eigenvalue weighted by Gasteiger charge is 2.31. The van der Waals surface area contributed by atoms with E-state index >= 15 is 0 Å². The molecule has 2 saturated heterocycles. The number of nitrogens with one attached hydrogen (secondary N) is 2. The zero-order chi connectivity index (χ0) is 16.9. The van der Waals surface area contributed by atoms with Gasteiger partial charge in [0.2, 0.25) is 5.75 Å². The summed E-state index contributed by atoms with van der Waals surface area (Å²) in [5, 5.41) is 0. The molecule has 24 heavy (non-hydrogen) atoms. The molecule has 3 rings (SSSR count). The summed E-state index contributed by atoms with van der Waals surface area (Å²) in [5.41, 5.74) is 1.26. The lowest BCUT2D eigenvalue weighted by Gasteiger charge is -2.32. The molecular weight excluding hydrogens is 304 g/mol. The highest BCUT2D eigenvalue weighted by atomic mass is 16.5. The van der Waals surface area contributed by atoms with Crippen LogP contribution >= 0.6 is 0 Å². The van der Waals surface area contributed by atoms with Gasteiger partial charge in [-0.3, -0.25) is 0 Å². The molecule has 1 aromatic carbocycles. The van der Waals surface area contributed by atoms with Crippen LogP contribution in [-0.2, 0) is 6.54 Å². The SMILES string of the molecule is COc1cc(C[NH+]2CCC([NH+]3CCCC3)CC2)cc(OC)c1OC. The lowest BCUT2D eigenvalue weighted by atomic mass is 10.0. The van der Waals surface area contributed by atoms with Crippen molar-refractivity contribution in [3.63, 3.8) is 0 Å². The van der Waals surface area contributed by atoms with E-state index in [2.05, 4.69) is 12.1 Å². The van der Waals surface area contributed by atoms with Crippen molar-refractivity contribution >= 4 is 0 Å². The number of hydrogen-bond donors (Lipinski definition) is 2. The monoisotopic (exact) mass is 336 g/mol. The second-order valence-electron chi connectivity index (χ2n) is 7.10. The average Bonchev–Trinajstić information content (AvgIpc) is 3.16. The maximum Gasteiger partial charge on any atom is 0.203 e. The largest absolute Gasteiger partial charge is 0.493 e. The first-order valence-corrected chi connectivity index (χ1v) is 9.22. The molecule has 5 heteroatoms. The summed E-state index contributed by atoms with van der Waals surface area (Å²) >= 11 is 0. The Hall–Kier alpha value is -1.46. The third-order valence-corrected chi connectivity index (χ3v) is 5.69. The molecule has 0 unspecified atom stereocenters. The molecular formula is C19H32N2O3+2. The van der Waals surface area contributed by atoms with Gasteiger partial charge in [0.1, 0.15) is 6.54 Å². The number of ether oxygens (including phenoxy) is 3. The Balaban J connectivity index is 1.62. The molecule has 134 valence electrons. The van der Waals surface area contributed by atoms with Crippen molar-refractivity contribution in [3.8, 4) is 17.2 Å². The third kappa shape index (κ3) is 3.78. The maximum atomic E-state index is 5.48. The lowest BCUT2D eigenvalue weighted by molar-refractivity contribution is -0.957. The highest BCUT2D eigenvalue weighted by Crippen LogP contribution is 2.37. The van der Waals surface area contributed by atoms with Crippen LogP contribution in [-0.4, -0.2) is 53.6 Å². The smallest absolute Gasteiger partial charge is 0.203 e. The van der Waals surface area contributed by atoms with Crippen molar-refractivity contribution in [2.45, 2.75) is 38.3 Å². The van der Waals surface area contributed by atoms with E-state index in [1.165, 1.54) is 57.4 Å². The van der Waals surface area contributed by atoms with Gasteiger partial charge in [-0.15, -0.1) is 0 Å². The Bertz CT molecular complexity index is 510. The number of benzene rings is 1. The van der Waals surface area contributed by atoms with E-state index in [1.54, 1.807) is 26.2 Å². The fourth-order valence-electron chi connectivity index (χ4n) is 4.37. The van der Waals surface area contributed by atoms with Crippen molar-refractivity contribution in [1.82, 2.24) is 0 Å². The molecule has 0 atom stereocenters. The van der Waals surface area contributed by atoms with Crippen molar-refractivity contribution in [3.05, 3.63) is 17.7 Å². The van der Waals surface area contributed by atoms with E-state index in [9.17, 15) is 0 Å². The Morgan fingerprint density at radius 3 is 1.96 bits per heavy atom. The van der Waals surface area contributed by atoms with E-state index in [0.29, 0.717) is 5.75 Å². The first kappa shape index (κ1) is 17.4. The minimum absolute atomic E-state index is 0.676. The van der Waals surface area contributed by atoms with Crippen molar-refractivity contribution in [1.29, 1.82) is 0 Å². The second kappa shape index (κ2) is 8.08. The Labute approximate surface area is 145 Å². The number of piperidine rings is 1. The second-order valence-corrected chi connectivity index (χ2v) is 7.10. The van der Waals surface area contributed by atoms with Gasteiger partial charge in [0, 0.05) is 31.2 Å². The molecule has 1 aromatic rings. The van der Waals surface area contributed by atoms with Crippen LogP contribution in [0.5, 0.6) is 17.2 Å². The van der Waals surface area contributed by atoms with Crippen LogP contribution < -0.4 is 24.0 Å². The van der Waals surface area contributed by atoms with Gasteiger partial charge in [-0.1, -0.05) is 0 Å². The molecule has 2 aliphatic heterocycles. The van der Waals surface area contributed by atoms with Gasteiger partial charge in [0.25, 0.3) is 0 Å². The lowest BCUT2D eigenvalue weighted by Crippen LogP contribution is -3.19. The third-order valence-electron chi connectivity index (χ3n) is 5.69. The molecule has 0 amide bonds. The number of methoxy groups -OCH3 is 3. The summed E-state index contributed by atoms with van der Waals surface area (Å²) in [4.78, 5) is 3.53. The van der Waals surface area contributed by atoms with E-state index in [4.69, 9.17) is 14.2 Å². The predicted molar refractivity (Wildman–Crippen MR) is 93.5 cm³/mol. The van der Waals surface area contributed by atoms with E-state index in [1.807, 2.05) is 4.90 Å². The van der Waals surface area contributed by atoms with Crippen LogP contribution in [0.4, 0.5) is 0 Å². The van der Waals surface area contributed by atoms with E-state index < -0.39 is 0 Å². The highest BCUT2D eigenvalue weighted by molar-refractivity contribution is 5.53. The molecule has 0 radical (unpaired) electrons. The van der Waals surface area contributed by atoms with Crippen molar-refractivity contribution < 1.29 is 24.0 Å². The Morgan fingerprint density at radius 1 is 0.875 bits per heavy atom. The molecule has 0 spiro atoms. The summed E-state index contributed by atoms with van der Waals surface area (Å²) in [6, 6.07) is 5.08. The zero-order valence-electron chi connectivity index (χ0n) is 15.3. The van der Waals surface area contributed by atoms with Crippen LogP contribution in [0.25, 0.3) is 0 Å². The molecule has 0 saturated carbocycles. The number of rotatable bonds is 6. The van der Waals surface area contributed by atoms with Gasteiger partial charge in [-0.25, -0.2) is 0 Å². The number of quaternary nitrogens is 2. The number of hydrogen-bond acceptors (Lipinski definition) is 3. The van der Waals surface area contributed by atoms with Gasteiger partial charge >= 0.3 is 0 Å². The molecule has 0 aromatic heterocycles. The number of likely N-dealkylation sites (tertiary alicyclic amines) is 2. The van der Waals surface area contributed by atoms with E-state index in [-0.39, 0.29) is 0 Å².